The molecule has 1 aromatic heterocycles. The van der Waals surface area contributed by atoms with Crippen LogP contribution in [0.2, 0.25) is 10.0 Å². The molecule has 6 nitrogen and oxygen atoms in total. The zero-order valence-corrected chi connectivity index (χ0v) is 19.7. The maximum atomic E-state index is 13.5. The smallest absolute Gasteiger partial charge is 0.288 e. The third-order valence-corrected chi connectivity index (χ3v) is 7.66. The summed E-state index contributed by atoms with van der Waals surface area (Å²) in [6.07, 6.45) is 0. The second-order valence-electron chi connectivity index (χ2n) is 8.72. The molecule has 0 aliphatic heterocycles. The summed E-state index contributed by atoms with van der Waals surface area (Å²) in [7, 11) is 0. The molecule has 0 atom stereocenters. The monoisotopic (exact) mass is 510 g/mol. The van der Waals surface area contributed by atoms with Gasteiger partial charge in [-0.05, 0) is 24.3 Å². The lowest BCUT2D eigenvalue weighted by molar-refractivity contribution is -0.359. The van der Waals surface area contributed by atoms with Crippen LogP contribution in [0.3, 0.4) is 0 Å². The van der Waals surface area contributed by atoms with Crippen molar-refractivity contribution in [1.82, 2.24) is 0 Å². The fraction of sp³-hybridized carbons (Fsp3) is 0. The Kier molecular flexibility index (Phi) is 4.17. The molecule has 2 N–H and O–H groups in total. The van der Waals surface area contributed by atoms with Gasteiger partial charge in [0.2, 0.25) is 10.9 Å². The Balaban J connectivity index is 1.70. The molecule has 6 aromatic carbocycles. The largest absolute Gasteiger partial charge is 0.289 e. The molecule has 7 rings (SSSR count). The molecular weight excluding hydrogens is 499 g/mol. The second kappa shape index (κ2) is 7.13. The van der Waals surface area contributed by atoms with Crippen LogP contribution in [-0.2, 0) is 0 Å². The van der Waals surface area contributed by atoms with Gasteiger partial charge in [-0.25, -0.2) is 0 Å². The van der Waals surface area contributed by atoms with Crippen LogP contribution in [0.15, 0.2) is 79.8 Å². The van der Waals surface area contributed by atoms with E-state index in [9.17, 15) is 19.2 Å². The topological polar surface area (TPSA) is 96.6 Å². The Morgan fingerprint density at radius 1 is 0.472 bits per heavy atom. The lowest BCUT2D eigenvalue weighted by Crippen LogP contribution is -2.24. The van der Waals surface area contributed by atoms with Crippen molar-refractivity contribution in [2.45, 2.75) is 0 Å². The van der Waals surface area contributed by atoms with Crippen LogP contribution in [0.5, 0.6) is 0 Å². The van der Waals surface area contributed by atoms with Crippen molar-refractivity contribution >= 4 is 88.4 Å². The van der Waals surface area contributed by atoms with Crippen molar-refractivity contribution in [3.63, 3.8) is 0 Å². The number of fused-ring (bicyclic) bond motifs is 8. The summed E-state index contributed by atoms with van der Waals surface area (Å²) in [6, 6.07) is 16.2. The summed E-state index contributed by atoms with van der Waals surface area (Å²) in [5.41, 5.74) is 0.598. The number of aromatic amines is 2. The van der Waals surface area contributed by atoms with Gasteiger partial charge in [0.15, 0.2) is 10.9 Å². The molecule has 170 valence electrons. The van der Waals surface area contributed by atoms with Gasteiger partial charge in [-0.3, -0.25) is 19.2 Å². The highest BCUT2D eigenvalue weighted by Crippen LogP contribution is 2.29. The van der Waals surface area contributed by atoms with Crippen molar-refractivity contribution in [2.75, 3.05) is 0 Å². The summed E-state index contributed by atoms with van der Waals surface area (Å²) in [4.78, 5) is 59.9. The minimum Gasteiger partial charge on any atom is -0.289 e. The van der Waals surface area contributed by atoms with Crippen molar-refractivity contribution in [2.24, 2.45) is 0 Å². The second-order valence-corrected chi connectivity index (χ2v) is 9.50. The molecule has 8 heteroatoms. The van der Waals surface area contributed by atoms with E-state index >= 15 is 0 Å². The predicted octanol–water partition coefficient (Wildman–Crippen LogP) is 3.86. The Labute approximate surface area is 209 Å². The maximum Gasteiger partial charge on any atom is 0.288 e. The van der Waals surface area contributed by atoms with Crippen LogP contribution in [0.25, 0.3) is 65.2 Å². The van der Waals surface area contributed by atoms with Gasteiger partial charge in [0.25, 0.3) is 22.1 Å². The maximum absolute atomic E-state index is 13.5. The minimum absolute atomic E-state index is 0.0439. The van der Waals surface area contributed by atoms with E-state index in [1.807, 2.05) is 0 Å². The highest BCUT2D eigenvalue weighted by atomic mass is 35.5. The lowest BCUT2D eigenvalue weighted by atomic mass is 9.99. The molecule has 0 saturated heterocycles. The number of nitrogens with one attached hydrogen (secondary N) is 2. The van der Waals surface area contributed by atoms with Crippen LogP contribution in [-0.4, -0.2) is 0 Å². The van der Waals surface area contributed by atoms with Crippen molar-refractivity contribution < 1.29 is 9.97 Å². The number of H-pyrrole nitrogens is 2. The first-order valence-corrected chi connectivity index (χ1v) is 11.8. The molecule has 0 bridgehead atoms. The van der Waals surface area contributed by atoms with Gasteiger partial charge in [0.1, 0.15) is 10.8 Å². The van der Waals surface area contributed by atoms with Crippen LogP contribution in [0.4, 0.5) is 0 Å². The Bertz CT molecular complexity index is 2380. The molecule has 0 radical (unpaired) electrons. The van der Waals surface area contributed by atoms with Crippen molar-refractivity contribution in [3.05, 3.63) is 112 Å². The third kappa shape index (κ3) is 2.57. The van der Waals surface area contributed by atoms with E-state index in [-0.39, 0.29) is 53.3 Å². The van der Waals surface area contributed by atoms with Crippen molar-refractivity contribution in [1.29, 1.82) is 0 Å². The average Bonchev–Trinajstić information content (AvgIpc) is 2.89. The first-order chi connectivity index (χ1) is 17.4. The average molecular weight is 511 g/mol. The molecule has 36 heavy (non-hydrogen) atoms. The van der Waals surface area contributed by atoms with Gasteiger partial charge in [0, 0.05) is 39.1 Å². The van der Waals surface area contributed by atoms with Gasteiger partial charge in [-0.2, -0.15) is 9.97 Å². The molecule has 0 spiro atoms. The van der Waals surface area contributed by atoms with Crippen LogP contribution >= 0.6 is 23.2 Å². The fourth-order valence-electron chi connectivity index (χ4n) is 5.18. The zero-order chi connectivity index (χ0) is 24.9. The lowest BCUT2D eigenvalue weighted by Gasteiger charge is -2.04. The zero-order valence-electron chi connectivity index (χ0n) is 18.2. The summed E-state index contributed by atoms with van der Waals surface area (Å²) < 4.78 is 0. The molecule has 0 saturated carbocycles. The fourth-order valence-corrected chi connectivity index (χ4v) is 5.59. The van der Waals surface area contributed by atoms with Gasteiger partial charge in [-0.1, -0.05) is 47.5 Å². The number of halogens is 2. The van der Waals surface area contributed by atoms with E-state index in [4.69, 9.17) is 23.2 Å². The molecule has 0 aliphatic rings. The molecule has 1 heterocycles. The molecule has 0 unspecified atom stereocenters. The Morgan fingerprint density at radius 3 is 1.53 bits per heavy atom. The number of benzene rings is 6. The number of aromatic nitrogens is 2. The van der Waals surface area contributed by atoms with Crippen molar-refractivity contribution in [3.8, 4) is 0 Å². The van der Waals surface area contributed by atoms with Gasteiger partial charge < -0.3 is 0 Å². The van der Waals surface area contributed by atoms with E-state index in [1.54, 1.807) is 48.5 Å². The number of rotatable bonds is 0. The van der Waals surface area contributed by atoms with Gasteiger partial charge >= 0.3 is 0 Å². The van der Waals surface area contributed by atoms with Crippen LogP contribution in [0.1, 0.15) is 0 Å². The molecular formula is C28H12Cl2N2O4+2. The summed E-state index contributed by atoms with van der Waals surface area (Å²) in [5, 5.41) is 2.18. The van der Waals surface area contributed by atoms with Gasteiger partial charge in [-0.15, -0.1) is 0 Å². The van der Waals surface area contributed by atoms with Crippen LogP contribution in [0, 0.1) is 0 Å². The Hall–Kier alpha value is -4.26. The van der Waals surface area contributed by atoms with E-state index in [2.05, 4.69) is 9.97 Å². The van der Waals surface area contributed by atoms with Crippen LogP contribution < -0.4 is 31.7 Å². The molecule has 0 amide bonds. The van der Waals surface area contributed by atoms with E-state index < -0.39 is 5.43 Å². The number of hydrogen-bond acceptors (Lipinski definition) is 4. The summed E-state index contributed by atoms with van der Waals surface area (Å²) >= 11 is 12.4. The minimum atomic E-state index is -0.398. The van der Waals surface area contributed by atoms with E-state index in [0.29, 0.717) is 38.2 Å². The summed E-state index contributed by atoms with van der Waals surface area (Å²) in [6.45, 7) is 0. The highest BCUT2D eigenvalue weighted by Gasteiger charge is 2.26. The number of hydrogen-bond donors (Lipinski definition) is 0. The quantitative estimate of drug-likeness (QED) is 0.228. The molecule has 0 aliphatic carbocycles. The molecule has 0 fully saturated rings. The normalized spacial score (nSPS) is 12.1. The van der Waals surface area contributed by atoms with Gasteiger partial charge in [0.05, 0.1) is 15.4 Å². The predicted molar refractivity (Wildman–Crippen MR) is 142 cm³/mol. The highest BCUT2D eigenvalue weighted by molar-refractivity contribution is 6.45. The first kappa shape index (κ1) is 21.1. The Morgan fingerprint density at radius 2 is 0.917 bits per heavy atom. The standard InChI is InChI=1S/C28H10Cl2N2O4/c29-16-8-5-13-19(22(16)30)27(35)15-7-10-18-24(21(15)28(13)36)32-17-9-6-14-20(23(17)31-18)26(34)12-4-2-1-3-11(12)25(14)33/h1-10H/p+2. The summed E-state index contributed by atoms with van der Waals surface area (Å²) in [5.74, 6) is 0. The van der Waals surface area contributed by atoms with E-state index in [0.717, 1.165) is 0 Å². The molecule has 7 aromatic rings. The SMILES string of the molecule is O=c1c2ccccc2c(=O)c2c1ccc1[nH+]c3c(ccc4c(=O)c5c(Cl)c(Cl)ccc5c(=O)c43)[nH+]c12. The van der Waals surface area contributed by atoms with E-state index in [1.165, 1.54) is 12.1 Å². The third-order valence-electron chi connectivity index (χ3n) is 6.86. The first-order valence-electron chi connectivity index (χ1n) is 11.0.